The third kappa shape index (κ3) is 14.3. The maximum atomic E-state index is 12.0. The van der Waals surface area contributed by atoms with Crippen molar-refractivity contribution in [3.63, 3.8) is 0 Å². The van der Waals surface area contributed by atoms with Crippen LogP contribution in [0.1, 0.15) is 76.7 Å². The monoisotopic (exact) mass is 439 g/mol. The highest BCUT2D eigenvalue weighted by molar-refractivity contribution is 5.75. The Morgan fingerprint density at radius 2 is 1.50 bits per heavy atom. The lowest BCUT2D eigenvalue weighted by molar-refractivity contribution is -0.121. The number of hydrogen-bond donors (Lipinski definition) is 2. The first-order chi connectivity index (χ1) is 15.7. The minimum Gasteiger partial charge on any atom is -0.504 e. The SMILES string of the molecule is CCCCC/C=C\C/C=C\C/C=C\C/C=C\CCCC(=O)NCc1ccc(O)c(OC)c1. The van der Waals surface area contributed by atoms with Gasteiger partial charge in [0.15, 0.2) is 11.5 Å². The molecule has 1 rings (SSSR count). The van der Waals surface area contributed by atoms with Gasteiger partial charge in [0.25, 0.3) is 0 Å². The normalized spacial score (nSPS) is 11.9. The van der Waals surface area contributed by atoms with Crippen molar-refractivity contribution in [3.05, 3.63) is 72.4 Å². The Hall–Kier alpha value is -2.75. The fourth-order valence-corrected chi connectivity index (χ4v) is 3.06. The highest BCUT2D eigenvalue weighted by Gasteiger charge is 2.04. The largest absolute Gasteiger partial charge is 0.504 e. The van der Waals surface area contributed by atoms with Crippen LogP contribution in [-0.4, -0.2) is 18.1 Å². The number of ether oxygens (including phenoxy) is 1. The highest BCUT2D eigenvalue weighted by Crippen LogP contribution is 2.26. The van der Waals surface area contributed by atoms with Crippen molar-refractivity contribution in [1.82, 2.24) is 5.32 Å². The molecule has 0 saturated heterocycles. The molecule has 0 unspecified atom stereocenters. The summed E-state index contributed by atoms with van der Waals surface area (Å²) in [5.74, 6) is 0.548. The van der Waals surface area contributed by atoms with Gasteiger partial charge in [0.1, 0.15) is 0 Å². The lowest BCUT2D eigenvalue weighted by Gasteiger charge is -2.08. The molecule has 1 aromatic rings. The van der Waals surface area contributed by atoms with Crippen LogP contribution in [-0.2, 0) is 11.3 Å². The maximum absolute atomic E-state index is 12.0. The Morgan fingerprint density at radius 1 is 0.906 bits per heavy atom. The van der Waals surface area contributed by atoms with Crippen molar-refractivity contribution in [2.75, 3.05) is 7.11 Å². The molecular weight excluding hydrogens is 398 g/mol. The number of hydrogen-bond acceptors (Lipinski definition) is 3. The maximum Gasteiger partial charge on any atom is 0.220 e. The standard InChI is InChI=1S/C28H41NO3/c1-3-4-5-6-7-8-9-10-11-12-13-14-15-16-17-18-19-20-28(31)29-24-25-21-22-26(30)27(23-25)32-2/h7-8,10-11,13-14,16-17,21-23,30H,3-6,9,12,15,18-20,24H2,1-2H3,(H,29,31)/b8-7-,11-10-,14-13-,17-16-. The zero-order valence-corrected chi connectivity index (χ0v) is 19.9. The van der Waals surface area contributed by atoms with E-state index in [1.54, 1.807) is 18.2 Å². The van der Waals surface area contributed by atoms with Crippen molar-refractivity contribution < 1.29 is 14.6 Å². The fourth-order valence-electron chi connectivity index (χ4n) is 3.06. The van der Waals surface area contributed by atoms with E-state index >= 15 is 0 Å². The number of nitrogens with one attached hydrogen (secondary N) is 1. The number of phenols is 1. The molecule has 1 amide bonds. The summed E-state index contributed by atoms with van der Waals surface area (Å²) >= 11 is 0. The number of phenolic OH excluding ortho intramolecular Hbond substituents is 1. The van der Waals surface area contributed by atoms with Crippen LogP contribution in [0, 0.1) is 0 Å². The molecule has 0 aliphatic carbocycles. The van der Waals surface area contributed by atoms with Crippen molar-refractivity contribution in [1.29, 1.82) is 0 Å². The second-order valence-electron chi connectivity index (χ2n) is 7.76. The average molecular weight is 440 g/mol. The van der Waals surface area contributed by atoms with Crippen LogP contribution in [0.15, 0.2) is 66.8 Å². The molecular formula is C28H41NO3. The number of allylic oxidation sites excluding steroid dienone is 8. The van der Waals surface area contributed by atoms with Crippen LogP contribution >= 0.6 is 0 Å². The van der Waals surface area contributed by atoms with Gasteiger partial charge in [0, 0.05) is 13.0 Å². The Labute approximate surface area is 194 Å². The van der Waals surface area contributed by atoms with E-state index in [2.05, 4.69) is 60.8 Å². The molecule has 0 heterocycles. The third-order valence-corrected chi connectivity index (χ3v) is 4.97. The van der Waals surface area contributed by atoms with Gasteiger partial charge >= 0.3 is 0 Å². The minimum atomic E-state index is 0.0351. The smallest absolute Gasteiger partial charge is 0.220 e. The fraction of sp³-hybridized carbons (Fsp3) is 0.464. The molecule has 4 heteroatoms. The summed E-state index contributed by atoms with van der Waals surface area (Å²) in [4.78, 5) is 12.0. The lowest BCUT2D eigenvalue weighted by atomic mass is 10.2. The topological polar surface area (TPSA) is 58.6 Å². The minimum absolute atomic E-state index is 0.0351. The summed E-state index contributed by atoms with van der Waals surface area (Å²) in [6.07, 6.45) is 27.9. The zero-order valence-electron chi connectivity index (χ0n) is 19.9. The Morgan fingerprint density at radius 3 is 2.09 bits per heavy atom. The highest BCUT2D eigenvalue weighted by atomic mass is 16.5. The van der Waals surface area contributed by atoms with Gasteiger partial charge < -0.3 is 15.2 Å². The van der Waals surface area contributed by atoms with Crippen LogP contribution in [0.5, 0.6) is 11.5 Å². The quantitative estimate of drug-likeness (QED) is 0.200. The number of aromatic hydroxyl groups is 1. The van der Waals surface area contributed by atoms with E-state index in [9.17, 15) is 9.90 Å². The molecule has 0 fully saturated rings. The number of methoxy groups -OCH3 is 1. The van der Waals surface area contributed by atoms with Gasteiger partial charge in [-0.2, -0.15) is 0 Å². The van der Waals surface area contributed by atoms with Crippen molar-refractivity contribution in [2.24, 2.45) is 0 Å². The van der Waals surface area contributed by atoms with Crippen LogP contribution in [0.4, 0.5) is 0 Å². The Kier molecular flexibility index (Phi) is 16.2. The molecule has 0 aromatic heterocycles. The summed E-state index contributed by atoms with van der Waals surface area (Å²) in [6.45, 7) is 2.66. The zero-order chi connectivity index (χ0) is 23.3. The predicted molar refractivity (Wildman–Crippen MR) is 135 cm³/mol. The first kappa shape index (κ1) is 27.3. The molecule has 32 heavy (non-hydrogen) atoms. The molecule has 176 valence electrons. The van der Waals surface area contributed by atoms with Crippen molar-refractivity contribution in [3.8, 4) is 11.5 Å². The van der Waals surface area contributed by atoms with Crippen LogP contribution in [0.2, 0.25) is 0 Å². The summed E-state index contributed by atoms with van der Waals surface area (Å²) in [7, 11) is 1.51. The summed E-state index contributed by atoms with van der Waals surface area (Å²) in [5.41, 5.74) is 0.897. The number of carbonyl (C=O) groups excluding carboxylic acids is 1. The van der Waals surface area contributed by atoms with Gasteiger partial charge in [-0.1, -0.05) is 74.4 Å². The van der Waals surface area contributed by atoms with Crippen LogP contribution < -0.4 is 10.1 Å². The van der Waals surface area contributed by atoms with E-state index in [4.69, 9.17) is 4.74 Å². The number of amides is 1. The summed E-state index contributed by atoms with van der Waals surface area (Å²) < 4.78 is 5.08. The first-order valence-electron chi connectivity index (χ1n) is 11.9. The Balaban J connectivity index is 2.03. The van der Waals surface area contributed by atoms with E-state index in [0.29, 0.717) is 18.7 Å². The first-order valence-corrected chi connectivity index (χ1v) is 11.9. The van der Waals surface area contributed by atoms with E-state index < -0.39 is 0 Å². The van der Waals surface area contributed by atoms with E-state index in [1.807, 2.05) is 0 Å². The molecule has 1 aromatic carbocycles. The summed E-state index contributed by atoms with van der Waals surface area (Å²) in [5, 5.41) is 12.5. The Bertz CT molecular complexity index is 747. The number of benzene rings is 1. The summed E-state index contributed by atoms with van der Waals surface area (Å²) in [6, 6.07) is 5.08. The lowest BCUT2D eigenvalue weighted by Crippen LogP contribution is -2.22. The van der Waals surface area contributed by atoms with E-state index in [1.165, 1.54) is 32.8 Å². The number of rotatable bonds is 17. The molecule has 0 bridgehead atoms. The number of carbonyl (C=O) groups is 1. The van der Waals surface area contributed by atoms with Gasteiger partial charge in [0.2, 0.25) is 5.91 Å². The average Bonchev–Trinajstić information content (AvgIpc) is 2.80. The number of unbranched alkanes of at least 4 members (excludes halogenated alkanes) is 4. The molecule has 0 atom stereocenters. The van der Waals surface area contributed by atoms with Crippen molar-refractivity contribution >= 4 is 5.91 Å². The molecule has 0 aliphatic heterocycles. The van der Waals surface area contributed by atoms with E-state index in [0.717, 1.165) is 37.7 Å². The van der Waals surface area contributed by atoms with E-state index in [-0.39, 0.29) is 11.7 Å². The van der Waals surface area contributed by atoms with Crippen LogP contribution in [0.25, 0.3) is 0 Å². The molecule has 2 N–H and O–H groups in total. The van der Waals surface area contributed by atoms with Crippen LogP contribution in [0.3, 0.4) is 0 Å². The molecule has 0 aliphatic rings. The van der Waals surface area contributed by atoms with Gasteiger partial charge in [-0.15, -0.1) is 0 Å². The molecule has 0 saturated carbocycles. The van der Waals surface area contributed by atoms with Crippen molar-refractivity contribution in [2.45, 2.75) is 77.7 Å². The third-order valence-electron chi connectivity index (χ3n) is 4.97. The molecule has 0 radical (unpaired) electrons. The predicted octanol–water partition coefficient (Wildman–Crippen LogP) is 7.16. The van der Waals surface area contributed by atoms with Gasteiger partial charge in [-0.25, -0.2) is 0 Å². The van der Waals surface area contributed by atoms with Gasteiger partial charge in [-0.3, -0.25) is 4.79 Å². The molecule has 0 spiro atoms. The second kappa shape index (κ2) is 19.0. The van der Waals surface area contributed by atoms with Gasteiger partial charge in [-0.05, 0) is 62.6 Å². The van der Waals surface area contributed by atoms with Gasteiger partial charge in [0.05, 0.1) is 7.11 Å². The second-order valence-corrected chi connectivity index (χ2v) is 7.76. The molecule has 4 nitrogen and oxygen atoms in total.